The first-order chi connectivity index (χ1) is 19.3. The Bertz CT molecular complexity index is 1640. The van der Waals surface area contributed by atoms with E-state index >= 15 is 0 Å². The largest absolute Gasteiger partial charge is 0.511 e. The van der Waals surface area contributed by atoms with Gasteiger partial charge in [-0.2, -0.15) is 0 Å². The summed E-state index contributed by atoms with van der Waals surface area (Å²) in [6.45, 7) is 0. The van der Waals surface area contributed by atoms with E-state index in [-0.39, 0.29) is 41.0 Å². The Balaban J connectivity index is 1.75. The number of aliphatic hydroxyl groups excluding tert-OH is 2. The van der Waals surface area contributed by atoms with Gasteiger partial charge in [0.25, 0.3) is 5.91 Å². The summed E-state index contributed by atoms with van der Waals surface area (Å²) in [6.07, 6.45) is 0.582. The molecule has 2 aromatic rings. The quantitative estimate of drug-likeness (QED) is 0.146. The number of nitrogens with zero attached hydrogens (tertiary/aromatic N) is 3. The Hall–Kier alpha value is -4.82. The van der Waals surface area contributed by atoms with Crippen LogP contribution in [0.15, 0.2) is 55.6 Å². The number of nitrogens with two attached hydrogens (primary N) is 2. The number of aliphatic hydroxyl groups is 3. The number of nitroso groups, excluding NO2 is 1. The van der Waals surface area contributed by atoms with Crippen molar-refractivity contribution in [2.45, 2.75) is 30.4 Å². The van der Waals surface area contributed by atoms with Crippen molar-refractivity contribution in [2.75, 3.05) is 26.1 Å². The van der Waals surface area contributed by atoms with Crippen molar-refractivity contribution in [3.05, 3.63) is 62.7 Å². The third-order valence-electron chi connectivity index (χ3n) is 7.97. The van der Waals surface area contributed by atoms with Gasteiger partial charge in [-0.25, -0.2) is 0 Å². The maximum Gasteiger partial charge on any atom is 0.255 e. The van der Waals surface area contributed by atoms with Crippen molar-refractivity contribution in [3.63, 3.8) is 0 Å². The number of rotatable bonds is 6. The number of benzene rings is 1. The molecule has 0 saturated heterocycles. The zero-order valence-corrected chi connectivity index (χ0v) is 22.3. The van der Waals surface area contributed by atoms with Crippen LogP contribution < -0.4 is 16.4 Å². The summed E-state index contributed by atoms with van der Waals surface area (Å²) in [5.41, 5.74) is 6.27. The fraction of sp³-hybridized carbons (Fsp3) is 0.333. The maximum absolute atomic E-state index is 14.1. The molecule has 214 valence electrons. The highest BCUT2D eigenvalue weighted by atomic mass is 16.6. The van der Waals surface area contributed by atoms with Gasteiger partial charge >= 0.3 is 0 Å². The highest BCUT2D eigenvalue weighted by Crippen LogP contribution is 2.54. The van der Waals surface area contributed by atoms with Crippen molar-refractivity contribution in [1.29, 1.82) is 0 Å². The minimum Gasteiger partial charge on any atom is -0.511 e. The molecule has 1 aromatic carbocycles. The van der Waals surface area contributed by atoms with E-state index in [0.29, 0.717) is 17.0 Å². The zero-order chi connectivity index (χ0) is 30.0. The van der Waals surface area contributed by atoms with E-state index in [1.165, 1.54) is 13.3 Å². The van der Waals surface area contributed by atoms with Gasteiger partial charge in [0.2, 0.25) is 11.4 Å². The smallest absolute Gasteiger partial charge is 0.255 e. The summed E-state index contributed by atoms with van der Waals surface area (Å²) in [5.74, 6) is -5.72. The number of ketones is 2. The Labute approximate surface area is 232 Å². The molecule has 3 atom stereocenters. The number of anilines is 1. The lowest BCUT2D eigenvalue weighted by molar-refractivity contribution is -0.146. The molecular formula is C27H27N5O9. The van der Waals surface area contributed by atoms with Crippen molar-refractivity contribution >= 4 is 35.1 Å². The van der Waals surface area contributed by atoms with Gasteiger partial charge in [0.15, 0.2) is 5.78 Å². The molecule has 41 heavy (non-hydrogen) atoms. The average Bonchev–Trinajstić information content (AvgIpc) is 3.37. The van der Waals surface area contributed by atoms with E-state index in [0.717, 1.165) is 0 Å². The number of hydrogen-bond donors (Lipinski definition) is 5. The maximum atomic E-state index is 14.1. The number of fused-ring (bicyclic) bond motifs is 3. The Morgan fingerprint density at radius 3 is 2.59 bits per heavy atom. The Morgan fingerprint density at radius 2 is 1.98 bits per heavy atom. The second-order valence-electron chi connectivity index (χ2n) is 10.5. The summed E-state index contributed by atoms with van der Waals surface area (Å²) in [7, 11) is 4.82. The van der Waals surface area contributed by atoms with E-state index in [9.17, 15) is 34.6 Å². The number of Topliss-reactive ketones (excluding diaryl/α,β-unsaturated/α-hetero) is 2. The van der Waals surface area contributed by atoms with Crippen LogP contribution in [0.3, 0.4) is 0 Å². The zero-order valence-electron chi connectivity index (χ0n) is 22.3. The minimum absolute atomic E-state index is 0.0665. The van der Waals surface area contributed by atoms with Gasteiger partial charge < -0.3 is 40.9 Å². The molecule has 0 aliphatic heterocycles. The van der Waals surface area contributed by atoms with Crippen LogP contribution in [0.4, 0.5) is 11.4 Å². The molecule has 5 rings (SSSR count). The predicted molar refractivity (Wildman–Crippen MR) is 145 cm³/mol. The molecule has 1 amide bonds. The fourth-order valence-electron chi connectivity index (χ4n) is 6.15. The summed E-state index contributed by atoms with van der Waals surface area (Å²) in [4.78, 5) is 58.0. The highest BCUT2D eigenvalue weighted by molar-refractivity contribution is 6.25. The molecule has 0 bridgehead atoms. The molecule has 3 aliphatic carbocycles. The SMILES string of the molecule is CO/N=C/c1ccc(-c2cc(N(C)C)c3c(c2N=O)C(=O)C2=C(O)[C@]4(O)C(=O)C(C(N)=O)=C(O)C[C@]4(N)C[C@@H]2C3)o1. The Kier molecular flexibility index (Phi) is 6.35. The van der Waals surface area contributed by atoms with Crippen molar-refractivity contribution in [3.8, 4) is 11.3 Å². The van der Waals surface area contributed by atoms with Crippen LogP contribution in [0.2, 0.25) is 0 Å². The molecule has 0 saturated carbocycles. The second kappa shape index (κ2) is 9.38. The Morgan fingerprint density at radius 1 is 1.27 bits per heavy atom. The number of oxime groups is 1. The average molecular weight is 566 g/mol. The van der Waals surface area contributed by atoms with E-state index in [1.54, 1.807) is 37.2 Å². The summed E-state index contributed by atoms with van der Waals surface area (Å²) >= 11 is 0. The minimum atomic E-state index is -2.93. The number of carbonyl (C=O) groups excluding carboxylic acids is 3. The van der Waals surface area contributed by atoms with Crippen LogP contribution in [0, 0.1) is 10.8 Å². The highest BCUT2D eigenvalue weighted by Gasteiger charge is 2.66. The summed E-state index contributed by atoms with van der Waals surface area (Å²) in [6, 6.07) is 4.76. The molecular weight excluding hydrogens is 538 g/mol. The molecule has 3 aliphatic rings. The van der Waals surface area contributed by atoms with Crippen LogP contribution >= 0.6 is 0 Å². The summed E-state index contributed by atoms with van der Waals surface area (Å²) in [5, 5.41) is 40.2. The normalized spacial score (nSPS) is 25.6. The number of furan rings is 1. The van der Waals surface area contributed by atoms with E-state index in [2.05, 4.69) is 15.2 Å². The van der Waals surface area contributed by atoms with Crippen LogP contribution in [-0.2, 0) is 20.8 Å². The number of amides is 1. The number of carbonyl (C=O) groups is 3. The molecule has 0 fully saturated rings. The molecule has 1 aromatic heterocycles. The third-order valence-corrected chi connectivity index (χ3v) is 7.97. The van der Waals surface area contributed by atoms with Gasteiger partial charge in [-0.3, -0.25) is 14.4 Å². The second-order valence-corrected chi connectivity index (χ2v) is 10.5. The molecule has 7 N–H and O–H groups in total. The first-order valence-electron chi connectivity index (χ1n) is 12.4. The molecule has 14 heteroatoms. The first kappa shape index (κ1) is 27.7. The van der Waals surface area contributed by atoms with E-state index in [4.69, 9.17) is 15.9 Å². The van der Waals surface area contributed by atoms with Crippen molar-refractivity contribution in [1.82, 2.24) is 0 Å². The fourth-order valence-corrected chi connectivity index (χ4v) is 6.15. The standard InChI is InChI=1S/C27H27N5O9/c1-32(2)15-7-14(17-5-4-12(41-17)10-30-40-3)21(31-39)19-13(15)6-11-8-26(29)9-16(33)20(25(28)37)24(36)27(26,38)23(35)18(11)22(19)34/h4-5,7,10-11,33,35,38H,6,8-9,29H2,1-3H3,(H2,28,37)/b30-10+/t11-,26+,27-/m0/s1. The van der Waals surface area contributed by atoms with E-state index < -0.39 is 58.0 Å². The molecule has 0 radical (unpaired) electrons. The van der Waals surface area contributed by atoms with Gasteiger partial charge in [-0.15, -0.1) is 4.91 Å². The van der Waals surface area contributed by atoms with Crippen molar-refractivity contribution in [2.24, 2.45) is 27.7 Å². The lowest BCUT2D eigenvalue weighted by Crippen LogP contribution is -2.71. The number of primary amides is 1. The van der Waals surface area contributed by atoms with Crippen LogP contribution in [0.25, 0.3) is 11.3 Å². The van der Waals surface area contributed by atoms with Gasteiger partial charge in [-0.05, 0) is 47.7 Å². The van der Waals surface area contributed by atoms with Gasteiger partial charge in [0, 0.05) is 37.3 Å². The van der Waals surface area contributed by atoms with Gasteiger partial charge in [0.1, 0.15) is 47.6 Å². The molecule has 0 spiro atoms. The molecule has 14 nitrogen and oxygen atoms in total. The first-order valence-corrected chi connectivity index (χ1v) is 12.4. The predicted octanol–water partition coefficient (Wildman–Crippen LogP) is 1.66. The monoisotopic (exact) mass is 565 g/mol. The van der Waals surface area contributed by atoms with Crippen LogP contribution in [0.5, 0.6) is 0 Å². The van der Waals surface area contributed by atoms with Gasteiger partial charge in [0.05, 0.1) is 11.1 Å². The van der Waals surface area contributed by atoms with Crippen LogP contribution in [-0.4, -0.2) is 71.4 Å². The summed E-state index contributed by atoms with van der Waals surface area (Å²) < 4.78 is 5.77. The third kappa shape index (κ3) is 3.78. The number of hydrogen-bond acceptors (Lipinski definition) is 13. The molecule has 1 heterocycles. The van der Waals surface area contributed by atoms with Crippen LogP contribution in [0.1, 0.15) is 34.5 Å². The molecule has 0 unspecified atom stereocenters. The lowest BCUT2D eigenvalue weighted by atomic mass is 9.56. The van der Waals surface area contributed by atoms with E-state index in [1.807, 2.05) is 0 Å². The topological polar surface area (TPSA) is 231 Å². The van der Waals surface area contributed by atoms with Crippen molar-refractivity contribution < 1.29 is 39.0 Å². The van der Waals surface area contributed by atoms with Gasteiger partial charge in [-0.1, -0.05) is 5.16 Å². The lowest BCUT2D eigenvalue weighted by Gasteiger charge is -2.52. The number of allylic oxidation sites excluding steroid dienone is 1.